The zero-order chi connectivity index (χ0) is 14.7. The van der Waals surface area contributed by atoms with E-state index in [2.05, 4.69) is 5.16 Å². The lowest BCUT2D eigenvalue weighted by Gasteiger charge is -2.32. The van der Waals surface area contributed by atoms with E-state index in [0.29, 0.717) is 12.1 Å². The van der Waals surface area contributed by atoms with Gasteiger partial charge in [0.05, 0.1) is 13.2 Å². The van der Waals surface area contributed by atoms with Crippen molar-refractivity contribution in [2.75, 3.05) is 19.7 Å². The normalized spacial score (nSPS) is 19.9. The summed E-state index contributed by atoms with van der Waals surface area (Å²) >= 11 is 0. The van der Waals surface area contributed by atoms with Gasteiger partial charge >= 0.3 is 0 Å². The predicted octanol–water partition coefficient (Wildman–Crippen LogP) is -1.03. The van der Waals surface area contributed by atoms with Crippen LogP contribution >= 0.6 is 0 Å². The lowest BCUT2D eigenvalue weighted by molar-refractivity contribution is 0.00674. The maximum absolute atomic E-state index is 12.3. The van der Waals surface area contributed by atoms with Crippen molar-refractivity contribution >= 4 is 11.7 Å². The first-order valence-corrected chi connectivity index (χ1v) is 6.08. The van der Waals surface area contributed by atoms with Crippen LogP contribution in [-0.4, -0.2) is 52.2 Å². The molecule has 2 heterocycles. The molecule has 0 radical (unpaired) electrons. The van der Waals surface area contributed by atoms with Crippen LogP contribution in [0.15, 0.2) is 28.3 Å². The lowest BCUT2D eigenvalue weighted by atomic mass is 10.2. The maximum atomic E-state index is 12.3. The first-order chi connectivity index (χ1) is 9.52. The van der Waals surface area contributed by atoms with Gasteiger partial charge in [0, 0.05) is 31.4 Å². The summed E-state index contributed by atoms with van der Waals surface area (Å²) in [6.45, 7) is 0.866. The fourth-order valence-corrected chi connectivity index (χ4v) is 1.94. The minimum atomic E-state index is -0.635. The monoisotopic (exact) mass is 280 g/mol. The third-order valence-electron chi connectivity index (χ3n) is 3.15. The number of oxime groups is 1. The van der Waals surface area contributed by atoms with Crippen molar-refractivity contribution in [3.05, 3.63) is 34.2 Å². The van der Waals surface area contributed by atoms with E-state index in [1.807, 2.05) is 0 Å². The van der Waals surface area contributed by atoms with Gasteiger partial charge in [-0.3, -0.25) is 9.59 Å². The molecule has 2 rings (SSSR count). The average Bonchev–Trinajstić information content (AvgIpc) is 2.48. The zero-order valence-corrected chi connectivity index (χ0v) is 11.0. The van der Waals surface area contributed by atoms with E-state index < -0.39 is 6.10 Å². The van der Waals surface area contributed by atoms with Crippen LogP contribution in [0.3, 0.4) is 0 Å². The second-order valence-electron chi connectivity index (χ2n) is 4.50. The number of amidine groups is 1. The predicted molar refractivity (Wildman–Crippen MR) is 70.7 cm³/mol. The second kappa shape index (κ2) is 5.74. The summed E-state index contributed by atoms with van der Waals surface area (Å²) in [7, 11) is 1.61. The highest BCUT2D eigenvalue weighted by Gasteiger charge is 2.27. The van der Waals surface area contributed by atoms with Crippen molar-refractivity contribution in [2.24, 2.45) is 17.9 Å². The number of ether oxygens (including phenoxy) is 1. The molecule has 0 aliphatic carbocycles. The quantitative estimate of drug-likeness (QED) is 0.311. The molecule has 1 saturated heterocycles. The minimum absolute atomic E-state index is 0.0773. The summed E-state index contributed by atoms with van der Waals surface area (Å²) < 4.78 is 6.70. The number of morpholine rings is 1. The van der Waals surface area contributed by atoms with Crippen LogP contribution < -0.4 is 11.3 Å². The first-order valence-electron chi connectivity index (χ1n) is 6.08. The van der Waals surface area contributed by atoms with E-state index in [0.717, 1.165) is 0 Å². The van der Waals surface area contributed by atoms with Crippen LogP contribution in [0.1, 0.15) is 10.4 Å². The Morgan fingerprint density at radius 2 is 2.35 bits per heavy atom. The largest absolute Gasteiger partial charge is 0.409 e. The van der Waals surface area contributed by atoms with Crippen molar-refractivity contribution in [3.8, 4) is 0 Å². The Morgan fingerprint density at radius 1 is 1.60 bits per heavy atom. The Hall–Kier alpha value is -2.35. The molecule has 20 heavy (non-hydrogen) atoms. The van der Waals surface area contributed by atoms with E-state index in [9.17, 15) is 9.59 Å². The number of carbonyl (C=O) groups is 1. The van der Waals surface area contributed by atoms with Crippen LogP contribution in [0.25, 0.3) is 0 Å². The summed E-state index contributed by atoms with van der Waals surface area (Å²) in [4.78, 5) is 25.4. The van der Waals surface area contributed by atoms with E-state index in [-0.39, 0.29) is 30.5 Å². The highest BCUT2D eigenvalue weighted by molar-refractivity contribution is 5.95. The number of pyridine rings is 1. The smallest absolute Gasteiger partial charge is 0.254 e. The molecule has 8 heteroatoms. The fraction of sp³-hybridized carbons (Fsp3) is 0.417. The molecular weight excluding hydrogens is 264 g/mol. The molecule has 1 amide bonds. The first kappa shape index (κ1) is 14.1. The van der Waals surface area contributed by atoms with Crippen molar-refractivity contribution in [1.82, 2.24) is 9.47 Å². The van der Waals surface area contributed by atoms with Crippen molar-refractivity contribution in [1.29, 1.82) is 0 Å². The topological polar surface area (TPSA) is 110 Å². The van der Waals surface area contributed by atoms with E-state index >= 15 is 0 Å². The number of nitrogens with zero attached hydrogens (tertiary/aromatic N) is 3. The molecule has 1 aromatic heterocycles. The molecular formula is C12H16N4O4. The molecule has 108 valence electrons. The van der Waals surface area contributed by atoms with Crippen LogP contribution in [0.5, 0.6) is 0 Å². The van der Waals surface area contributed by atoms with Crippen molar-refractivity contribution in [2.45, 2.75) is 6.10 Å². The Bertz CT molecular complexity index is 595. The average molecular weight is 280 g/mol. The van der Waals surface area contributed by atoms with Gasteiger partial charge < -0.3 is 25.1 Å². The lowest BCUT2D eigenvalue weighted by Crippen LogP contribution is -2.50. The highest BCUT2D eigenvalue weighted by atomic mass is 16.5. The molecule has 0 spiro atoms. The minimum Gasteiger partial charge on any atom is -0.409 e. The molecule has 0 aromatic carbocycles. The van der Waals surface area contributed by atoms with Gasteiger partial charge in [-0.25, -0.2) is 0 Å². The third kappa shape index (κ3) is 2.80. The summed E-state index contributed by atoms with van der Waals surface area (Å²) in [5, 5.41) is 11.5. The fourth-order valence-electron chi connectivity index (χ4n) is 1.94. The summed E-state index contributed by atoms with van der Waals surface area (Å²) in [5.74, 6) is -0.354. The van der Waals surface area contributed by atoms with Crippen LogP contribution in [0.4, 0.5) is 0 Å². The van der Waals surface area contributed by atoms with Gasteiger partial charge in [0.2, 0.25) is 0 Å². The number of hydrogen-bond acceptors (Lipinski definition) is 5. The number of carbonyl (C=O) groups excluding carboxylic acids is 1. The maximum Gasteiger partial charge on any atom is 0.254 e. The van der Waals surface area contributed by atoms with Gasteiger partial charge in [0.25, 0.3) is 11.5 Å². The molecule has 0 bridgehead atoms. The van der Waals surface area contributed by atoms with Crippen LogP contribution in [-0.2, 0) is 11.8 Å². The molecule has 1 aromatic rings. The summed E-state index contributed by atoms with van der Waals surface area (Å²) in [6, 6.07) is 2.87. The summed E-state index contributed by atoms with van der Waals surface area (Å²) in [6.07, 6.45) is 0.904. The van der Waals surface area contributed by atoms with Gasteiger partial charge in [-0.05, 0) is 6.07 Å². The Labute approximate surface area is 115 Å². The second-order valence-corrected chi connectivity index (χ2v) is 4.50. The highest BCUT2D eigenvalue weighted by Crippen LogP contribution is 2.10. The molecule has 1 aliphatic heterocycles. The SMILES string of the molecule is Cn1ccc(C(=O)N2CCOC(/C(N)=N/O)C2)cc1=O. The van der Waals surface area contributed by atoms with Gasteiger partial charge in [-0.2, -0.15) is 0 Å². The molecule has 1 unspecified atom stereocenters. The van der Waals surface area contributed by atoms with E-state index in [4.69, 9.17) is 15.7 Å². The van der Waals surface area contributed by atoms with Crippen LogP contribution in [0.2, 0.25) is 0 Å². The molecule has 0 saturated carbocycles. The third-order valence-corrected chi connectivity index (χ3v) is 3.15. The number of amides is 1. The number of aryl methyl sites for hydroxylation is 1. The van der Waals surface area contributed by atoms with Crippen molar-refractivity contribution < 1.29 is 14.7 Å². The Balaban J connectivity index is 2.16. The Kier molecular flexibility index (Phi) is 4.04. The van der Waals surface area contributed by atoms with Gasteiger partial charge in [0.1, 0.15) is 6.10 Å². The van der Waals surface area contributed by atoms with E-state index in [1.54, 1.807) is 13.1 Å². The number of nitrogens with two attached hydrogens (primary N) is 1. The van der Waals surface area contributed by atoms with Gasteiger partial charge in [-0.15, -0.1) is 0 Å². The van der Waals surface area contributed by atoms with Gasteiger partial charge in [0.15, 0.2) is 5.84 Å². The van der Waals surface area contributed by atoms with E-state index in [1.165, 1.54) is 21.7 Å². The standard InChI is InChI=1S/C12H16N4O4/c1-15-3-2-8(6-10(15)17)12(18)16-4-5-20-9(7-16)11(13)14-19/h2-3,6,9,19H,4-5,7H2,1H3,(H2,13,14). The number of rotatable bonds is 2. The van der Waals surface area contributed by atoms with Gasteiger partial charge in [-0.1, -0.05) is 5.16 Å². The Morgan fingerprint density at radius 3 is 3.00 bits per heavy atom. The molecule has 1 fully saturated rings. The van der Waals surface area contributed by atoms with Crippen LogP contribution in [0, 0.1) is 0 Å². The molecule has 1 aliphatic rings. The summed E-state index contributed by atoms with van der Waals surface area (Å²) in [5.41, 5.74) is 5.54. The number of hydrogen-bond donors (Lipinski definition) is 2. The zero-order valence-electron chi connectivity index (χ0n) is 11.0. The molecule has 1 atom stereocenters. The number of aromatic nitrogens is 1. The molecule has 3 N–H and O–H groups in total. The van der Waals surface area contributed by atoms with Crippen molar-refractivity contribution in [3.63, 3.8) is 0 Å². The molecule has 8 nitrogen and oxygen atoms in total.